The highest BCUT2D eigenvalue weighted by atomic mass is 32.2. The van der Waals surface area contributed by atoms with Crippen LogP contribution in [0.5, 0.6) is 0 Å². The Morgan fingerprint density at radius 1 is 1.17 bits per heavy atom. The zero-order valence-electron chi connectivity index (χ0n) is 16.5. The van der Waals surface area contributed by atoms with Crippen molar-refractivity contribution in [3.8, 4) is 6.07 Å². The van der Waals surface area contributed by atoms with Gasteiger partial charge in [0.2, 0.25) is 0 Å². The smallest absolute Gasteiger partial charge is 0.269 e. The molecule has 0 radical (unpaired) electrons. The average Bonchev–Trinajstić information content (AvgIpc) is 3.22. The van der Waals surface area contributed by atoms with Gasteiger partial charge in [-0.3, -0.25) is 15.1 Å². The van der Waals surface area contributed by atoms with E-state index in [9.17, 15) is 4.79 Å². The van der Waals surface area contributed by atoms with Crippen LogP contribution in [-0.4, -0.2) is 29.6 Å². The standard InChI is InChI=1S/C22H21N5OS2/c1-26-17-10-9-16(25-12-6-5-11-23)13-18(17)29-21(26)19-20(28)27(22(24)30-19)14-15-7-3-2-4-8-15/h2-4,7-10,13,24-25H,5-6,12,14H2,1H3/b21-19-,24-22?. The molecular weight excluding hydrogens is 414 g/mol. The van der Waals surface area contributed by atoms with E-state index in [-0.39, 0.29) is 11.1 Å². The molecule has 0 saturated carbocycles. The van der Waals surface area contributed by atoms with Crippen LogP contribution in [-0.2, 0) is 11.3 Å². The summed E-state index contributed by atoms with van der Waals surface area (Å²) in [6, 6.07) is 18.0. The van der Waals surface area contributed by atoms with Gasteiger partial charge in [0.05, 0.1) is 23.3 Å². The quantitative estimate of drug-likeness (QED) is 0.500. The van der Waals surface area contributed by atoms with E-state index < -0.39 is 0 Å². The molecule has 2 heterocycles. The van der Waals surface area contributed by atoms with Crippen molar-refractivity contribution in [3.63, 3.8) is 0 Å². The Kier molecular flexibility index (Phi) is 6.02. The lowest BCUT2D eigenvalue weighted by atomic mass is 10.2. The highest BCUT2D eigenvalue weighted by molar-refractivity contribution is 8.19. The molecule has 1 amide bonds. The maximum atomic E-state index is 13.1. The summed E-state index contributed by atoms with van der Waals surface area (Å²) in [5, 5.41) is 21.4. The van der Waals surface area contributed by atoms with Crippen LogP contribution in [0.15, 0.2) is 63.4 Å². The second kappa shape index (κ2) is 8.86. The third-order valence-electron chi connectivity index (χ3n) is 4.89. The van der Waals surface area contributed by atoms with Crippen molar-refractivity contribution in [2.75, 3.05) is 23.8 Å². The molecule has 2 aromatic rings. The average molecular weight is 436 g/mol. The third kappa shape index (κ3) is 4.04. The van der Waals surface area contributed by atoms with E-state index in [1.54, 1.807) is 11.8 Å². The maximum absolute atomic E-state index is 13.1. The van der Waals surface area contributed by atoms with Gasteiger partial charge >= 0.3 is 0 Å². The lowest BCUT2D eigenvalue weighted by molar-refractivity contribution is -0.122. The van der Waals surface area contributed by atoms with Crippen LogP contribution in [0.25, 0.3) is 0 Å². The summed E-state index contributed by atoms with van der Waals surface area (Å²) in [4.78, 5) is 18.3. The van der Waals surface area contributed by atoms with Crippen LogP contribution >= 0.6 is 23.5 Å². The summed E-state index contributed by atoms with van der Waals surface area (Å²) in [6.45, 7) is 1.15. The number of hydrogen-bond acceptors (Lipinski definition) is 7. The molecule has 0 atom stereocenters. The van der Waals surface area contributed by atoms with Crippen molar-refractivity contribution in [2.45, 2.75) is 24.3 Å². The first-order valence-corrected chi connectivity index (χ1v) is 11.2. The summed E-state index contributed by atoms with van der Waals surface area (Å²) in [6.07, 6.45) is 1.34. The molecule has 0 unspecified atom stereocenters. The van der Waals surface area contributed by atoms with Crippen LogP contribution in [0, 0.1) is 16.7 Å². The molecule has 0 bridgehead atoms. The van der Waals surface area contributed by atoms with Gasteiger partial charge in [-0.05, 0) is 41.9 Å². The molecule has 2 aliphatic rings. The number of amides is 1. The predicted molar refractivity (Wildman–Crippen MR) is 123 cm³/mol. The number of hydrogen-bond donors (Lipinski definition) is 2. The van der Waals surface area contributed by atoms with Crippen molar-refractivity contribution >= 4 is 46.0 Å². The topological polar surface area (TPSA) is 83.2 Å². The molecule has 2 aromatic carbocycles. The van der Waals surface area contributed by atoms with Crippen LogP contribution in [0.4, 0.5) is 11.4 Å². The van der Waals surface area contributed by atoms with Gasteiger partial charge in [0.25, 0.3) is 5.91 Å². The van der Waals surface area contributed by atoms with Gasteiger partial charge in [-0.2, -0.15) is 5.26 Å². The largest absolute Gasteiger partial charge is 0.385 e. The van der Waals surface area contributed by atoms with Gasteiger partial charge in [-0.25, -0.2) is 0 Å². The fourth-order valence-corrected chi connectivity index (χ4v) is 5.56. The van der Waals surface area contributed by atoms with Crippen molar-refractivity contribution in [3.05, 3.63) is 64.0 Å². The molecule has 152 valence electrons. The fourth-order valence-electron chi connectivity index (χ4n) is 3.32. The third-order valence-corrected chi connectivity index (χ3v) is 7.22. The number of nitrogens with one attached hydrogen (secondary N) is 2. The van der Waals surface area contributed by atoms with Gasteiger partial charge in [0.15, 0.2) is 5.17 Å². The molecule has 0 spiro atoms. The molecule has 4 rings (SSSR count). The van der Waals surface area contributed by atoms with E-state index in [2.05, 4.69) is 17.5 Å². The number of nitrogens with zero attached hydrogens (tertiary/aromatic N) is 3. The molecule has 0 aliphatic carbocycles. The SMILES string of the molecule is CN1/C(=C2/SC(=N)N(Cc3ccccc3)C2=O)Sc2cc(NCCCC#N)ccc21. The van der Waals surface area contributed by atoms with Gasteiger partial charge in [-0.1, -0.05) is 42.1 Å². The van der Waals surface area contributed by atoms with Crippen molar-refractivity contribution in [1.82, 2.24) is 4.90 Å². The first-order valence-electron chi connectivity index (χ1n) is 9.61. The number of amidine groups is 1. The first-order chi connectivity index (χ1) is 14.6. The lowest BCUT2D eigenvalue weighted by Crippen LogP contribution is -2.28. The van der Waals surface area contributed by atoms with Crippen LogP contribution in [0.2, 0.25) is 0 Å². The minimum Gasteiger partial charge on any atom is -0.385 e. The van der Waals surface area contributed by atoms with E-state index in [0.29, 0.717) is 17.9 Å². The highest BCUT2D eigenvalue weighted by Crippen LogP contribution is 2.50. The number of benzene rings is 2. The minimum atomic E-state index is -0.120. The number of unbranched alkanes of at least 4 members (excludes halogenated alkanes) is 1. The van der Waals surface area contributed by atoms with Crippen LogP contribution in [0.3, 0.4) is 0 Å². The van der Waals surface area contributed by atoms with Gasteiger partial charge < -0.3 is 10.2 Å². The second-order valence-electron chi connectivity index (χ2n) is 6.95. The number of anilines is 2. The summed E-state index contributed by atoms with van der Waals surface area (Å²) < 4.78 is 0. The van der Waals surface area contributed by atoms with E-state index in [4.69, 9.17) is 10.7 Å². The Balaban J connectivity index is 1.52. The summed E-state index contributed by atoms with van der Waals surface area (Å²) in [7, 11) is 1.96. The Hall–Kier alpha value is -2.89. The van der Waals surface area contributed by atoms with E-state index in [0.717, 1.165) is 39.8 Å². The number of nitriles is 1. The number of thioether (sulfide) groups is 2. The Labute approximate surface area is 184 Å². The zero-order valence-corrected chi connectivity index (χ0v) is 18.1. The zero-order chi connectivity index (χ0) is 21.1. The number of fused-ring (bicyclic) bond motifs is 1. The molecule has 30 heavy (non-hydrogen) atoms. The molecule has 1 saturated heterocycles. The van der Waals surface area contributed by atoms with Crippen molar-refractivity contribution in [2.24, 2.45) is 0 Å². The van der Waals surface area contributed by atoms with Gasteiger partial charge in [-0.15, -0.1) is 0 Å². The first kappa shape index (κ1) is 20.4. The minimum absolute atomic E-state index is 0.120. The summed E-state index contributed by atoms with van der Waals surface area (Å²) in [5.41, 5.74) is 3.06. The Morgan fingerprint density at radius 2 is 1.97 bits per heavy atom. The molecule has 0 aromatic heterocycles. The Bertz CT molecular complexity index is 1060. The summed E-state index contributed by atoms with van der Waals surface area (Å²) in [5.74, 6) is -0.120. The van der Waals surface area contributed by atoms with Crippen molar-refractivity contribution < 1.29 is 4.79 Å². The predicted octanol–water partition coefficient (Wildman–Crippen LogP) is 4.82. The highest BCUT2D eigenvalue weighted by Gasteiger charge is 2.38. The number of carbonyl (C=O) groups is 1. The van der Waals surface area contributed by atoms with E-state index in [1.807, 2.05) is 54.4 Å². The van der Waals surface area contributed by atoms with E-state index in [1.165, 1.54) is 16.7 Å². The molecule has 2 aliphatic heterocycles. The maximum Gasteiger partial charge on any atom is 0.269 e. The number of rotatable bonds is 6. The van der Waals surface area contributed by atoms with Gasteiger partial charge in [0.1, 0.15) is 4.91 Å². The molecule has 6 nitrogen and oxygen atoms in total. The molecular formula is C22H21N5OS2. The monoisotopic (exact) mass is 435 g/mol. The van der Waals surface area contributed by atoms with E-state index >= 15 is 0 Å². The lowest BCUT2D eigenvalue weighted by Gasteiger charge is -2.16. The molecule has 8 heteroatoms. The Morgan fingerprint density at radius 3 is 2.73 bits per heavy atom. The van der Waals surface area contributed by atoms with Crippen LogP contribution in [0.1, 0.15) is 18.4 Å². The second-order valence-corrected chi connectivity index (χ2v) is 8.98. The molecule has 1 fully saturated rings. The fraction of sp³-hybridized carbons (Fsp3) is 0.227. The van der Waals surface area contributed by atoms with Crippen molar-refractivity contribution in [1.29, 1.82) is 10.7 Å². The van der Waals surface area contributed by atoms with Crippen LogP contribution < -0.4 is 10.2 Å². The number of carbonyl (C=O) groups excluding carboxylic acids is 1. The summed E-state index contributed by atoms with van der Waals surface area (Å²) >= 11 is 2.79. The molecule has 2 N–H and O–H groups in total. The van der Waals surface area contributed by atoms with Gasteiger partial charge in [0, 0.05) is 30.6 Å². The normalized spacial score (nSPS) is 18.0.